The molecule has 0 spiro atoms. The highest BCUT2D eigenvalue weighted by atomic mass is 35.5. The first-order chi connectivity index (χ1) is 7.13. The molecule has 0 aliphatic heterocycles. The van der Waals surface area contributed by atoms with Crippen LogP contribution in [-0.4, -0.2) is 19.7 Å². The van der Waals surface area contributed by atoms with Crippen molar-refractivity contribution in [3.63, 3.8) is 0 Å². The first kappa shape index (κ1) is 10.2. The van der Waals surface area contributed by atoms with Crippen LogP contribution in [0.4, 0.5) is 11.8 Å². The normalized spacial score (nSPS) is 10.3. The van der Waals surface area contributed by atoms with Crippen molar-refractivity contribution in [2.45, 2.75) is 0 Å². The van der Waals surface area contributed by atoms with E-state index >= 15 is 0 Å². The minimum absolute atomic E-state index is 0.286. The number of nitrogens with zero attached hydrogens (tertiary/aromatic N) is 4. The van der Waals surface area contributed by atoms with E-state index in [1.165, 1.54) is 6.07 Å². The summed E-state index contributed by atoms with van der Waals surface area (Å²) < 4.78 is 1.66. The molecule has 0 aromatic carbocycles. The molecule has 15 heavy (non-hydrogen) atoms. The summed E-state index contributed by atoms with van der Waals surface area (Å²) in [6, 6.07) is 3.25. The standard InChI is InChI=1S/C8H7Cl2N5/c1-15-3-2-7(14-15)13-8-11-5(9)4-6(10)12-8/h2-4H,1H3,(H,11,12,13,14). The van der Waals surface area contributed by atoms with E-state index in [1.54, 1.807) is 16.9 Å². The molecule has 2 rings (SSSR count). The van der Waals surface area contributed by atoms with Crippen LogP contribution in [0.2, 0.25) is 10.3 Å². The second-order valence-electron chi connectivity index (χ2n) is 2.84. The van der Waals surface area contributed by atoms with Gasteiger partial charge < -0.3 is 5.32 Å². The van der Waals surface area contributed by atoms with Gasteiger partial charge in [0, 0.05) is 25.4 Å². The molecule has 2 aromatic rings. The number of anilines is 2. The van der Waals surface area contributed by atoms with E-state index < -0.39 is 0 Å². The fourth-order valence-corrected chi connectivity index (χ4v) is 1.47. The number of rotatable bonds is 2. The van der Waals surface area contributed by atoms with Gasteiger partial charge in [-0.05, 0) is 0 Å². The molecule has 0 bridgehead atoms. The van der Waals surface area contributed by atoms with Gasteiger partial charge in [-0.15, -0.1) is 0 Å². The Bertz CT molecular complexity index is 461. The van der Waals surface area contributed by atoms with Crippen LogP contribution < -0.4 is 5.32 Å². The molecule has 0 saturated carbocycles. The van der Waals surface area contributed by atoms with Crippen molar-refractivity contribution in [2.75, 3.05) is 5.32 Å². The summed E-state index contributed by atoms with van der Waals surface area (Å²) in [5.41, 5.74) is 0. The van der Waals surface area contributed by atoms with Gasteiger partial charge in [-0.3, -0.25) is 4.68 Å². The van der Waals surface area contributed by atoms with Crippen LogP contribution in [0.15, 0.2) is 18.3 Å². The average molecular weight is 244 g/mol. The Morgan fingerprint density at radius 2 is 1.93 bits per heavy atom. The lowest BCUT2D eigenvalue weighted by Crippen LogP contribution is -1.98. The van der Waals surface area contributed by atoms with Gasteiger partial charge in [0.1, 0.15) is 10.3 Å². The van der Waals surface area contributed by atoms with E-state index in [4.69, 9.17) is 23.2 Å². The summed E-state index contributed by atoms with van der Waals surface area (Å²) in [5, 5.41) is 7.56. The van der Waals surface area contributed by atoms with Gasteiger partial charge >= 0.3 is 0 Å². The number of hydrogen-bond acceptors (Lipinski definition) is 4. The molecule has 0 saturated heterocycles. The lowest BCUT2D eigenvalue weighted by molar-refractivity contribution is 0.770. The smallest absolute Gasteiger partial charge is 0.231 e. The van der Waals surface area contributed by atoms with Crippen LogP contribution in [-0.2, 0) is 7.05 Å². The number of nitrogens with one attached hydrogen (secondary N) is 1. The maximum absolute atomic E-state index is 5.72. The lowest BCUT2D eigenvalue weighted by atomic mass is 10.6. The fourth-order valence-electron chi connectivity index (χ4n) is 1.04. The van der Waals surface area contributed by atoms with Crippen LogP contribution in [0.5, 0.6) is 0 Å². The highest BCUT2D eigenvalue weighted by Crippen LogP contribution is 2.16. The second kappa shape index (κ2) is 4.04. The van der Waals surface area contributed by atoms with E-state index in [2.05, 4.69) is 20.4 Å². The zero-order chi connectivity index (χ0) is 10.8. The summed E-state index contributed by atoms with van der Waals surface area (Å²) in [4.78, 5) is 7.90. The van der Waals surface area contributed by atoms with E-state index in [-0.39, 0.29) is 10.3 Å². The summed E-state index contributed by atoms with van der Waals surface area (Å²) in [7, 11) is 1.82. The van der Waals surface area contributed by atoms with Gasteiger partial charge in [-0.25, -0.2) is 9.97 Å². The van der Waals surface area contributed by atoms with Crippen molar-refractivity contribution in [3.05, 3.63) is 28.6 Å². The zero-order valence-corrected chi connectivity index (χ0v) is 9.29. The third-order valence-corrected chi connectivity index (χ3v) is 2.00. The Kier molecular flexibility index (Phi) is 2.75. The van der Waals surface area contributed by atoms with Crippen LogP contribution in [0.1, 0.15) is 0 Å². The molecule has 2 heterocycles. The topological polar surface area (TPSA) is 55.6 Å². The van der Waals surface area contributed by atoms with Crippen molar-refractivity contribution in [3.8, 4) is 0 Å². The molecule has 5 nitrogen and oxygen atoms in total. The molecule has 7 heteroatoms. The predicted molar refractivity (Wildman–Crippen MR) is 58.5 cm³/mol. The SMILES string of the molecule is Cn1ccc(Nc2nc(Cl)cc(Cl)n2)n1. The first-order valence-corrected chi connectivity index (χ1v) is 4.86. The molecule has 0 aliphatic carbocycles. The molecule has 0 unspecified atom stereocenters. The molecule has 1 N–H and O–H groups in total. The molecule has 0 amide bonds. The number of aromatic nitrogens is 4. The Hall–Kier alpha value is -1.33. The van der Waals surface area contributed by atoms with E-state index in [0.29, 0.717) is 11.8 Å². The van der Waals surface area contributed by atoms with Gasteiger partial charge in [-0.2, -0.15) is 5.10 Å². The van der Waals surface area contributed by atoms with Crippen molar-refractivity contribution < 1.29 is 0 Å². The molecular formula is C8H7Cl2N5. The Morgan fingerprint density at radius 3 is 2.47 bits per heavy atom. The predicted octanol–water partition coefficient (Wildman–Crippen LogP) is 2.26. The third kappa shape index (κ3) is 2.57. The Balaban J connectivity index is 2.24. The highest BCUT2D eigenvalue weighted by Gasteiger charge is 2.03. The zero-order valence-electron chi connectivity index (χ0n) is 7.78. The van der Waals surface area contributed by atoms with Gasteiger partial charge in [0.05, 0.1) is 0 Å². The Labute approximate surface area is 96.1 Å². The average Bonchev–Trinajstić information content (AvgIpc) is 2.49. The summed E-state index contributed by atoms with van der Waals surface area (Å²) in [6.07, 6.45) is 1.80. The number of hydrogen-bond donors (Lipinski definition) is 1. The van der Waals surface area contributed by atoms with Crippen molar-refractivity contribution in [1.29, 1.82) is 0 Å². The van der Waals surface area contributed by atoms with Crippen molar-refractivity contribution in [2.24, 2.45) is 7.05 Å². The largest absolute Gasteiger partial charge is 0.307 e. The molecule has 0 radical (unpaired) electrons. The fraction of sp³-hybridized carbons (Fsp3) is 0.125. The molecule has 0 aliphatic rings. The van der Waals surface area contributed by atoms with Gasteiger partial charge in [0.2, 0.25) is 5.95 Å². The number of halogens is 2. The highest BCUT2D eigenvalue weighted by molar-refractivity contribution is 6.33. The maximum atomic E-state index is 5.72. The molecule has 0 fully saturated rings. The van der Waals surface area contributed by atoms with Crippen LogP contribution in [0.3, 0.4) is 0 Å². The second-order valence-corrected chi connectivity index (χ2v) is 3.61. The first-order valence-electron chi connectivity index (χ1n) is 4.10. The van der Waals surface area contributed by atoms with E-state index in [1.807, 2.05) is 7.05 Å². The van der Waals surface area contributed by atoms with Crippen molar-refractivity contribution in [1.82, 2.24) is 19.7 Å². The van der Waals surface area contributed by atoms with Gasteiger partial charge in [0.25, 0.3) is 0 Å². The summed E-state index contributed by atoms with van der Waals surface area (Å²) >= 11 is 11.4. The van der Waals surface area contributed by atoms with Gasteiger partial charge in [0.15, 0.2) is 5.82 Å². The van der Waals surface area contributed by atoms with Crippen molar-refractivity contribution >= 4 is 35.0 Å². The summed E-state index contributed by atoms with van der Waals surface area (Å²) in [6.45, 7) is 0. The molecule has 78 valence electrons. The van der Waals surface area contributed by atoms with Crippen LogP contribution in [0.25, 0.3) is 0 Å². The minimum Gasteiger partial charge on any atom is -0.307 e. The minimum atomic E-state index is 0.286. The van der Waals surface area contributed by atoms with Gasteiger partial charge in [-0.1, -0.05) is 23.2 Å². The van der Waals surface area contributed by atoms with E-state index in [0.717, 1.165) is 0 Å². The third-order valence-electron chi connectivity index (χ3n) is 1.62. The quantitative estimate of drug-likeness (QED) is 0.823. The van der Waals surface area contributed by atoms with Crippen LogP contribution in [0, 0.1) is 0 Å². The monoisotopic (exact) mass is 243 g/mol. The summed E-state index contributed by atoms with van der Waals surface area (Å²) in [5.74, 6) is 0.960. The maximum Gasteiger partial charge on any atom is 0.231 e. The Morgan fingerprint density at radius 1 is 1.27 bits per heavy atom. The number of aryl methyl sites for hydroxylation is 1. The van der Waals surface area contributed by atoms with E-state index in [9.17, 15) is 0 Å². The molecule has 2 aromatic heterocycles. The van der Waals surface area contributed by atoms with Crippen LogP contribution >= 0.6 is 23.2 Å². The molecule has 0 atom stereocenters. The molecular weight excluding hydrogens is 237 g/mol. The lowest BCUT2D eigenvalue weighted by Gasteiger charge is -2.01.